The van der Waals surface area contributed by atoms with E-state index < -0.39 is 11.7 Å². The van der Waals surface area contributed by atoms with Crippen molar-refractivity contribution >= 4 is 28.5 Å². The molecule has 1 aliphatic heterocycles. The van der Waals surface area contributed by atoms with Crippen LogP contribution in [0.2, 0.25) is 0 Å². The van der Waals surface area contributed by atoms with Crippen molar-refractivity contribution in [3.8, 4) is 0 Å². The smallest absolute Gasteiger partial charge is 0.360 e. The van der Waals surface area contributed by atoms with Crippen LogP contribution in [0.3, 0.4) is 0 Å². The molecule has 2 amide bonds. The van der Waals surface area contributed by atoms with Gasteiger partial charge in [0.1, 0.15) is 12.1 Å². The van der Waals surface area contributed by atoms with Gasteiger partial charge in [-0.2, -0.15) is 13.2 Å². The first kappa shape index (κ1) is 23.2. The quantitative estimate of drug-likeness (QED) is 0.607. The normalized spacial score (nSPS) is 21.9. The largest absolute Gasteiger partial charge is 0.416 e. The summed E-state index contributed by atoms with van der Waals surface area (Å²) >= 11 is 0. The zero-order valence-corrected chi connectivity index (χ0v) is 18.3. The zero-order valence-electron chi connectivity index (χ0n) is 18.3. The number of anilines is 1. The van der Waals surface area contributed by atoms with Gasteiger partial charge in [0.05, 0.1) is 23.7 Å². The van der Waals surface area contributed by atoms with Crippen LogP contribution in [0.4, 0.5) is 19.0 Å². The summed E-state index contributed by atoms with van der Waals surface area (Å²) in [7, 11) is 0. The fraction of sp³-hybridized carbons (Fsp3) is 0.545. The van der Waals surface area contributed by atoms with E-state index in [1.165, 1.54) is 19.3 Å². The molecule has 33 heavy (non-hydrogen) atoms. The number of carbonyl (C=O) groups is 2. The summed E-state index contributed by atoms with van der Waals surface area (Å²) in [5.41, 5.74) is -0.429. The van der Waals surface area contributed by atoms with E-state index >= 15 is 0 Å². The fourth-order valence-electron chi connectivity index (χ4n) is 4.59. The van der Waals surface area contributed by atoms with Crippen molar-refractivity contribution in [1.82, 2.24) is 25.5 Å². The van der Waals surface area contributed by atoms with Gasteiger partial charge < -0.3 is 16.0 Å². The molecule has 1 aromatic heterocycles. The Labute approximate surface area is 189 Å². The summed E-state index contributed by atoms with van der Waals surface area (Å²) in [6, 6.07) is 4.02. The van der Waals surface area contributed by atoms with Crippen LogP contribution in [-0.2, 0) is 15.8 Å². The molecule has 2 aromatic rings. The zero-order chi connectivity index (χ0) is 23.6. The molecule has 0 spiro atoms. The number of amides is 2. The summed E-state index contributed by atoms with van der Waals surface area (Å²) < 4.78 is 39.1. The Morgan fingerprint density at radius 3 is 2.45 bits per heavy atom. The lowest BCUT2D eigenvalue weighted by Crippen LogP contribution is -2.63. The topological polar surface area (TPSA) is 99.2 Å². The minimum Gasteiger partial charge on any atom is -0.360 e. The molecule has 2 heterocycles. The maximum absolute atomic E-state index is 13.0. The number of benzene rings is 1. The summed E-state index contributed by atoms with van der Waals surface area (Å²) in [4.78, 5) is 33.9. The fourth-order valence-corrected chi connectivity index (χ4v) is 4.59. The molecule has 0 atom stereocenters. The van der Waals surface area contributed by atoms with Gasteiger partial charge in [0.25, 0.3) is 0 Å². The highest BCUT2D eigenvalue weighted by Gasteiger charge is 2.35. The monoisotopic (exact) mass is 464 g/mol. The first-order valence-electron chi connectivity index (χ1n) is 11.1. The molecular formula is C22H27F3N6O2. The van der Waals surface area contributed by atoms with E-state index in [2.05, 4.69) is 30.8 Å². The molecule has 0 unspecified atom stereocenters. The number of likely N-dealkylation sites (tertiary alicyclic amines) is 1. The van der Waals surface area contributed by atoms with E-state index in [0.29, 0.717) is 11.6 Å². The lowest BCUT2D eigenvalue weighted by atomic mass is 9.88. The van der Waals surface area contributed by atoms with Crippen LogP contribution in [-0.4, -0.2) is 64.4 Å². The number of nitrogens with zero attached hydrogens (tertiary/aromatic N) is 3. The number of halogens is 3. The molecule has 1 saturated carbocycles. The highest BCUT2D eigenvalue weighted by molar-refractivity contribution is 5.91. The second kappa shape index (κ2) is 9.50. The summed E-state index contributed by atoms with van der Waals surface area (Å²) in [6.45, 7) is 2.98. The molecule has 1 saturated heterocycles. The van der Waals surface area contributed by atoms with Gasteiger partial charge in [-0.15, -0.1) is 0 Å². The number of alkyl halides is 3. The average molecular weight is 464 g/mol. The molecular weight excluding hydrogens is 437 g/mol. The first-order chi connectivity index (χ1) is 15.7. The minimum absolute atomic E-state index is 0.00884. The third-order valence-corrected chi connectivity index (χ3v) is 6.27. The molecule has 2 aliphatic rings. The maximum Gasteiger partial charge on any atom is 0.416 e. The Kier molecular flexibility index (Phi) is 6.68. The second-order valence-corrected chi connectivity index (χ2v) is 8.73. The third-order valence-electron chi connectivity index (χ3n) is 6.27. The molecule has 178 valence electrons. The molecule has 3 N–H and O–H groups in total. The van der Waals surface area contributed by atoms with Gasteiger partial charge in [-0.05, 0) is 43.9 Å². The summed E-state index contributed by atoms with van der Waals surface area (Å²) in [5.74, 6) is -0.0466. The van der Waals surface area contributed by atoms with Gasteiger partial charge in [0.2, 0.25) is 11.8 Å². The average Bonchev–Trinajstić information content (AvgIpc) is 2.74. The van der Waals surface area contributed by atoms with E-state index in [1.54, 1.807) is 0 Å². The number of nitrogens with one attached hydrogen (secondary N) is 3. The first-order valence-corrected chi connectivity index (χ1v) is 11.1. The van der Waals surface area contributed by atoms with Crippen molar-refractivity contribution < 1.29 is 22.8 Å². The van der Waals surface area contributed by atoms with Crippen molar-refractivity contribution in [3.63, 3.8) is 0 Å². The predicted molar refractivity (Wildman–Crippen MR) is 116 cm³/mol. The maximum atomic E-state index is 13.0. The highest BCUT2D eigenvalue weighted by atomic mass is 19.4. The van der Waals surface area contributed by atoms with Gasteiger partial charge in [-0.25, -0.2) is 9.97 Å². The van der Waals surface area contributed by atoms with E-state index in [0.717, 1.165) is 50.9 Å². The molecule has 8 nitrogen and oxygen atoms in total. The van der Waals surface area contributed by atoms with Gasteiger partial charge in [0, 0.05) is 37.5 Å². The Bertz CT molecular complexity index is 1020. The molecule has 2 fully saturated rings. The van der Waals surface area contributed by atoms with Gasteiger partial charge in [-0.1, -0.05) is 0 Å². The van der Waals surface area contributed by atoms with E-state index in [1.807, 2.05) is 0 Å². The van der Waals surface area contributed by atoms with E-state index in [4.69, 9.17) is 0 Å². The Hall–Kier alpha value is -2.95. The van der Waals surface area contributed by atoms with E-state index in [-0.39, 0.29) is 41.6 Å². The molecule has 1 aromatic carbocycles. The van der Waals surface area contributed by atoms with E-state index in [9.17, 15) is 22.8 Å². The van der Waals surface area contributed by atoms with Crippen molar-refractivity contribution in [2.75, 3.05) is 25.0 Å². The Morgan fingerprint density at radius 2 is 1.79 bits per heavy atom. The van der Waals surface area contributed by atoms with Crippen molar-refractivity contribution in [1.29, 1.82) is 0 Å². The molecule has 1 aliphatic carbocycles. The van der Waals surface area contributed by atoms with Crippen LogP contribution >= 0.6 is 0 Å². The number of aromatic nitrogens is 2. The van der Waals surface area contributed by atoms with Gasteiger partial charge in [-0.3, -0.25) is 14.5 Å². The van der Waals surface area contributed by atoms with Crippen LogP contribution in [0, 0.1) is 0 Å². The highest BCUT2D eigenvalue weighted by Crippen LogP contribution is 2.32. The number of carbonyl (C=O) groups excluding carboxylic acids is 2. The third kappa shape index (κ3) is 5.70. The number of hydrogen-bond acceptors (Lipinski definition) is 6. The Morgan fingerprint density at radius 1 is 1.06 bits per heavy atom. The number of rotatable bonds is 6. The summed E-state index contributed by atoms with van der Waals surface area (Å²) in [5, 5.41) is 8.97. The van der Waals surface area contributed by atoms with Gasteiger partial charge in [0.15, 0.2) is 0 Å². The van der Waals surface area contributed by atoms with Crippen LogP contribution in [0.15, 0.2) is 24.5 Å². The number of hydrogen-bond donors (Lipinski definition) is 3. The predicted octanol–water partition coefficient (Wildman–Crippen LogP) is 2.31. The van der Waals surface area contributed by atoms with Crippen molar-refractivity contribution in [3.05, 3.63) is 30.1 Å². The lowest BCUT2D eigenvalue weighted by molar-refractivity contribution is -0.137. The van der Waals surface area contributed by atoms with Crippen LogP contribution in [0.25, 0.3) is 10.9 Å². The van der Waals surface area contributed by atoms with Crippen LogP contribution < -0.4 is 16.0 Å². The molecule has 0 radical (unpaired) electrons. The Balaban J connectivity index is 1.24. The SMILES string of the molecule is CC(=O)N[C@H]1CC[C@@H](N2CC(NC(=O)CNc3ncnc4ccc(C(F)(F)F)cc34)C2)CC1. The van der Waals surface area contributed by atoms with Crippen molar-refractivity contribution in [2.24, 2.45) is 0 Å². The minimum atomic E-state index is -4.47. The lowest BCUT2D eigenvalue weighted by Gasteiger charge is -2.46. The van der Waals surface area contributed by atoms with Gasteiger partial charge >= 0.3 is 6.18 Å². The number of fused-ring (bicyclic) bond motifs is 1. The molecule has 4 rings (SSSR count). The van der Waals surface area contributed by atoms with Crippen LogP contribution in [0.5, 0.6) is 0 Å². The van der Waals surface area contributed by atoms with Crippen molar-refractivity contribution in [2.45, 2.75) is 56.9 Å². The second-order valence-electron chi connectivity index (χ2n) is 8.73. The summed E-state index contributed by atoms with van der Waals surface area (Å²) in [6.07, 6.45) is 0.745. The van der Waals surface area contributed by atoms with Crippen LogP contribution in [0.1, 0.15) is 38.2 Å². The standard InChI is InChI=1S/C22H27F3N6O2/c1-13(32)29-15-3-5-17(6-4-15)31-10-16(11-31)30-20(33)9-26-21-18-8-14(22(23,24)25)2-7-19(18)27-12-28-21/h2,7-8,12,15-17H,3-6,9-11H2,1H3,(H,29,32)(H,30,33)(H,26,27,28)/t15-,17+. The molecule has 11 heteroatoms. The molecule has 0 bridgehead atoms.